The third-order valence-electron chi connectivity index (χ3n) is 3.75. The fourth-order valence-corrected chi connectivity index (χ4v) is 2.85. The van der Waals surface area contributed by atoms with Gasteiger partial charge in [0.1, 0.15) is 0 Å². The second-order valence-corrected chi connectivity index (χ2v) is 5.99. The average molecular weight is 308 g/mol. The molecular formula is C15H15Cl2N3. The van der Waals surface area contributed by atoms with E-state index in [1.165, 1.54) is 19.3 Å². The zero-order valence-electron chi connectivity index (χ0n) is 10.9. The van der Waals surface area contributed by atoms with Gasteiger partial charge in [-0.1, -0.05) is 54.6 Å². The summed E-state index contributed by atoms with van der Waals surface area (Å²) in [5.41, 5.74) is 8.33. The molecule has 1 aromatic carbocycles. The van der Waals surface area contributed by atoms with E-state index in [2.05, 4.69) is 9.97 Å². The predicted octanol–water partition coefficient (Wildman–Crippen LogP) is 4.38. The third-order valence-corrected chi connectivity index (χ3v) is 4.57. The largest absolute Gasteiger partial charge is 0.368 e. The Morgan fingerprint density at radius 2 is 2.00 bits per heavy atom. The lowest BCUT2D eigenvalue weighted by Gasteiger charge is -2.24. The Hall–Kier alpha value is -1.32. The van der Waals surface area contributed by atoms with Crippen molar-refractivity contribution in [1.82, 2.24) is 9.97 Å². The summed E-state index contributed by atoms with van der Waals surface area (Å²) in [5.74, 6) is 1.01. The topological polar surface area (TPSA) is 51.8 Å². The van der Waals surface area contributed by atoms with Crippen LogP contribution < -0.4 is 5.73 Å². The van der Waals surface area contributed by atoms with Crippen LogP contribution in [0.15, 0.2) is 24.3 Å². The van der Waals surface area contributed by atoms with Gasteiger partial charge in [-0.3, -0.25) is 0 Å². The summed E-state index contributed by atoms with van der Waals surface area (Å²) < 4.78 is 0. The van der Waals surface area contributed by atoms with E-state index < -0.39 is 0 Å². The standard InChI is InChI=1S/C15H15Cl2N3/c16-12-6-2-5-11(14(12)17)13-8-10(19-15(18)20-13)7-9-3-1-4-9/h2,5-6,8-9H,1,3-4,7H2,(H2,18,19,20). The molecule has 1 fully saturated rings. The van der Waals surface area contributed by atoms with Gasteiger partial charge in [0, 0.05) is 11.3 Å². The number of benzene rings is 1. The molecule has 0 bridgehead atoms. The fraction of sp³-hybridized carbons (Fsp3) is 0.333. The molecule has 0 radical (unpaired) electrons. The summed E-state index contributed by atoms with van der Waals surface area (Å²) >= 11 is 12.3. The van der Waals surface area contributed by atoms with Crippen molar-refractivity contribution < 1.29 is 0 Å². The van der Waals surface area contributed by atoms with Crippen LogP contribution in [0.2, 0.25) is 10.0 Å². The van der Waals surface area contributed by atoms with E-state index in [0.29, 0.717) is 10.0 Å². The van der Waals surface area contributed by atoms with Crippen LogP contribution in [0.1, 0.15) is 25.0 Å². The van der Waals surface area contributed by atoms with Gasteiger partial charge < -0.3 is 5.73 Å². The molecule has 0 spiro atoms. The number of aromatic nitrogens is 2. The highest BCUT2D eigenvalue weighted by Gasteiger charge is 2.19. The number of nitrogens with two attached hydrogens (primary N) is 1. The molecule has 0 amide bonds. The van der Waals surface area contributed by atoms with Gasteiger partial charge in [0.15, 0.2) is 0 Å². The molecule has 3 nitrogen and oxygen atoms in total. The quantitative estimate of drug-likeness (QED) is 0.915. The molecule has 3 rings (SSSR count). The van der Waals surface area contributed by atoms with Crippen molar-refractivity contribution in [1.29, 1.82) is 0 Å². The second kappa shape index (κ2) is 5.58. The minimum absolute atomic E-state index is 0.285. The maximum Gasteiger partial charge on any atom is 0.220 e. The van der Waals surface area contributed by atoms with Crippen molar-refractivity contribution in [2.45, 2.75) is 25.7 Å². The second-order valence-electron chi connectivity index (χ2n) is 5.21. The first-order valence-electron chi connectivity index (χ1n) is 6.71. The van der Waals surface area contributed by atoms with Crippen LogP contribution in [0.25, 0.3) is 11.3 Å². The molecule has 0 saturated heterocycles. The molecule has 2 N–H and O–H groups in total. The Morgan fingerprint density at radius 3 is 2.70 bits per heavy atom. The van der Waals surface area contributed by atoms with Crippen LogP contribution in [0.5, 0.6) is 0 Å². The first-order chi connectivity index (χ1) is 9.63. The Morgan fingerprint density at radius 1 is 1.20 bits per heavy atom. The molecule has 104 valence electrons. The number of halogens is 2. The first-order valence-corrected chi connectivity index (χ1v) is 7.47. The van der Waals surface area contributed by atoms with Crippen molar-refractivity contribution >= 4 is 29.2 Å². The lowest BCUT2D eigenvalue weighted by Crippen LogP contribution is -2.15. The Kier molecular flexibility index (Phi) is 3.81. The van der Waals surface area contributed by atoms with E-state index in [0.717, 1.165) is 29.3 Å². The number of hydrogen-bond donors (Lipinski definition) is 1. The summed E-state index contributed by atoms with van der Waals surface area (Å²) in [4.78, 5) is 8.60. The smallest absolute Gasteiger partial charge is 0.220 e. The van der Waals surface area contributed by atoms with Gasteiger partial charge in [-0.15, -0.1) is 0 Å². The van der Waals surface area contributed by atoms with Gasteiger partial charge in [-0.2, -0.15) is 0 Å². The molecule has 20 heavy (non-hydrogen) atoms. The SMILES string of the molecule is Nc1nc(CC2CCC2)cc(-c2cccc(Cl)c2Cl)n1. The Balaban J connectivity index is 1.98. The summed E-state index contributed by atoms with van der Waals surface area (Å²) in [6, 6.07) is 7.47. The van der Waals surface area contributed by atoms with E-state index in [4.69, 9.17) is 28.9 Å². The van der Waals surface area contributed by atoms with Gasteiger partial charge in [0.25, 0.3) is 0 Å². The molecule has 0 atom stereocenters. The minimum Gasteiger partial charge on any atom is -0.368 e. The number of rotatable bonds is 3. The van der Waals surface area contributed by atoms with E-state index in [1.54, 1.807) is 6.07 Å². The molecule has 1 saturated carbocycles. The minimum atomic E-state index is 0.285. The van der Waals surface area contributed by atoms with Gasteiger partial charge in [0.05, 0.1) is 15.7 Å². The van der Waals surface area contributed by atoms with E-state index in [9.17, 15) is 0 Å². The maximum atomic E-state index is 6.24. The normalized spacial score (nSPS) is 15.1. The van der Waals surface area contributed by atoms with Gasteiger partial charge in [-0.05, 0) is 24.5 Å². The summed E-state index contributed by atoms with van der Waals surface area (Å²) in [6.07, 6.45) is 4.82. The van der Waals surface area contributed by atoms with Crippen LogP contribution in [-0.2, 0) is 6.42 Å². The van der Waals surface area contributed by atoms with Crippen molar-refractivity contribution in [2.24, 2.45) is 5.92 Å². The van der Waals surface area contributed by atoms with Crippen LogP contribution in [0, 0.1) is 5.92 Å². The van der Waals surface area contributed by atoms with E-state index in [1.807, 2.05) is 18.2 Å². The monoisotopic (exact) mass is 307 g/mol. The molecule has 1 aromatic heterocycles. The number of hydrogen-bond acceptors (Lipinski definition) is 3. The van der Waals surface area contributed by atoms with Crippen molar-refractivity contribution in [3.05, 3.63) is 40.0 Å². The van der Waals surface area contributed by atoms with Gasteiger partial charge in [-0.25, -0.2) is 9.97 Å². The molecular weight excluding hydrogens is 293 g/mol. The zero-order valence-corrected chi connectivity index (χ0v) is 12.5. The number of anilines is 1. The van der Waals surface area contributed by atoms with E-state index >= 15 is 0 Å². The number of nitrogens with zero attached hydrogens (tertiary/aromatic N) is 2. The zero-order chi connectivity index (χ0) is 14.1. The lowest BCUT2D eigenvalue weighted by molar-refractivity contribution is 0.312. The highest BCUT2D eigenvalue weighted by Crippen LogP contribution is 2.34. The summed E-state index contributed by atoms with van der Waals surface area (Å²) in [5, 5.41) is 1.02. The van der Waals surface area contributed by atoms with Crippen LogP contribution in [0.4, 0.5) is 5.95 Å². The van der Waals surface area contributed by atoms with Crippen LogP contribution in [-0.4, -0.2) is 9.97 Å². The molecule has 0 unspecified atom stereocenters. The van der Waals surface area contributed by atoms with Gasteiger partial charge >= 0.3 is 0 Å². The molecule has 1 aliphatic carbocycles. The van der Waals surface area contributed by atoms with Gasteiger partial charge in [0.2, 0.25) is 5.95 Å². The third kappa shape index (κ3) is 2.74. The predicted molar refractivity (Wildman–Crippen MR) is 82.9 cm³/mol. The summed E-state index contributed by atoms with van der Waals surface area (Å²) in [7, 11) is 0. The summed E-state index contributed by atoms with van der Waals surface area (Å²) in [6.45, 7) is 0. The fourth-order valence-electron chi connectivity index (χ4n) is 2.45. The highest BCUT2D eigenvalue weighted by atomic mass is 35.5. The highest BCUT2D eigenvalue weighted by molar-refractivity contribution is 6.43. The van der Waals surface area contributed by atoms with Crippen LogP contribution in [0.3, 0.4) is 0 Å². The Labute approximate surface area is 128 Å². The molecule has 0 aliphatic heterocycles. The first kappa shape index (κ1) is 13.7. The molecule has 1 aliphatic rings. The average Bonchev–Trinajstić information content (AvgIpc) is 2.36. The number of nitrogen functional groups attached to an aromatic ring is 1. The molecule has 1 heterocycles. The Bertz CT molecular complexity index is 639. The molecule has 5 heteroatoms. The van der Waals surface area contributed by atoms with Crippen molar-refractivity contribution in [2.75, 3.05) is 5.73 Å². The lowest BCUT2D eigenvalue weighted by atomic mass is 9.82. The van der Waals surface area contributed by atoms with E-state index in [-0.39, 0.29) is 5.95 Å². The van der Waals surface area contributed by atoms with Crippen molar-refractivity contribution in [3.8, 4) is 11.3 Å². The van der Waals surface area contributed by atoms with Crippen LogP contribution >= 0.6 is 23.2 Å². The van der Waals surface area contributed by atoms with Crippen molar-refractivity contribution in [3.63, 3.8) is 0 Å². The maximum absolute atomic E-state index is 6.24. The molecule has 2 aromatic rings.